The minimum atomic E-state index is -0.384. The van der Waals surface area contributed by atoms with Gasteiger partial charge in [0.05, 0.1) is 10.9 Å². The van der Waals surface area contributed by atoms with Crippen LogP contribution in [0.25, 0.3) is 0 Å². The van der Waals surface area contributed by atoms with Crippen molar-refractivity contribution in [3.8, 4) is 0 Å². The molecule has 22 heavy (non-hydrogen) atoms. The molecule has 0 aromatic heterocycles. The van der Waals surface area contributed by atoms with Crippen LogP contribution in [0.3, 0.4) is 0 Å². The number of fused-ring (bicyclic) bond motifs is 1. The van der Waals surface area contributed by atoms with Crippen LogP contribution in [-0.4, -0.2) is 17.1 Å². The van der Waals surface area contributed by atoms with Gasteiger partial charge in [0.25, 0.3) is 0 Å². The van der Waals surface area contributed by atoms with Crippen molar-refractivity contribution < 1.29 is 9.59 Å². The molecule has 2 aromatic carbocycles. The summed E-state index contributed by atoms with van der Waals surface area (Å²) in [5.74, 6) is -0.227. The quantitative estimate of drug-likeness (QED) is 0.912. The zero-order chi connectivity index (χ0) is 15.4. The first-order valence-corrected chi connectivity index (χ1v) is 7.97. The molecule has 1 atom stereocenters. The number of carbonyl (C=O) groups is 2. The molecule has 112 valence electrons. The van der Waals surface area contributed by atoms with Gasteiger partial charge in [-0.2, -0.15) is 0 Å². The number of benzene rings is 2. The Morgan fingerprint density at radius 1 is 1.09 bits per heavy atom. The lowest BCUT2D eigenvalue weighted by Crippen LogP contribution is -2.34. The van der Waals surface area contributed by atoms with Crippen molar-refractivity contribution >= 4 is 29.3 Å². The molecule has 0 radical (unpaired) electrons. The van der Waals surface area contributed by atoms with E-state index in [0.717, 1.165) is 16.1 Å². The van der Waals surface area contributed by atoms with E-state index in [4.69, 9.17) is 0 Å². The zero-order valence-corrected chi connectivity index (χ0v) is 12.7. The van der Waals surface area contributed by atoms with Crippen molar-refractivity contribution in [2.45, 2.75) is 23.1 Å². The molecule has 2 amide bonds. The monoisotopic (exact) mass is 312 g/mol. The van der Waals surface area contributed by atoms with Crippen molar-refractivity contribution in [1.29, 1.82) is 0 Å². The summed E-state index contributed by atoms with van der Waals surface area (Å²) in [5.41, 5.74) is 1.86. The molecule has 1 aliphatic rings. The Kier molecular flexibility index (Phi) is 4.44. The molecule has 0 saturated carbocycles. The number of nitrogens with one attached hydrogen (secondary N) is 2. The summed E-state index contributed by atoms with van der Waals surface area (Å²) in [5, 5.41) is 5.32. The number of hydrogen-bond acceptors (Lipinski definition) is 3. The van der Waals surface area contributed by atoms with Crippen LogP contribution in [-0.2, 0) is 16.1 Å². The second kappa shape index (κ2) is 6.66. The summed E-state index contributed by atoms with van der Waals surface area (Å²) >= 11 is 1.44. The highest BCUT2D eigenvalue weighted by Gasteiger charge is 2.28. The van der Waals surface area contributed by atoms with Crippen LogP contribution in [0.1, 0.15) is 12.0 Å². The van der Waals surface area contributed by atoms with E-state index in [9.17, 15) is 9.59 Å². The Hall–Kier alpha value is -2.27. The molecule has 2 aromatic rings. The fourth-order valence-electron chi connectivity index (χ4n) is 2.26. The summed E-state index contributed by atoms with van der Waals surface area (Å²) in [6, 6.07) is 17.3. The van der Waals surface area contributed by atoms with Gasteiger partial charge in [0.15, 0.2) is 0 Å². The SMILES string of the molecule is O=C(C[C@@H]1Sc2ccccc2NC1=O)NCc1ccccc1. The van der Waals surface area contributed by atoms with Gasteiger partial charge in [-0.15, -0.1) is 11.8 Å². The predicted octanol–water partition coefficient (Wildman–Crippen LogP) is 2.81. The summed E-state index contributed by atoms with van der Waals surface area (Å²) in [6.07, 6.45) is 0.178. The summed E-state index contributed by atoms with van der Waals surface area (Å²) in [6.45, 7) is 0.481. The molecule has 0 fully saturated rings. The van der Waals surface area contributed by atoms with Gasteiger partial charge < -0.3 is 10.6 Å². The normalized spacial score (nSPS) is 16.5. The second-order valence-corrected chi connectivity index (χ2v) is 6.30. The van der Waals surface area contributed by atoms with E-state index in [2.05, 4.69) is 10.6 Å². The average Bonchev–Trinajstić information content (AvgIpc) is 2.55. The van der Waals surface area contributed by atoms with E-state index in [1.807, 2.05) is 54.6 Å². The van der Waals surface area contributed by atoms with Crippen LogP contribution in [0.15, 0.2) is 59.5 Å². The van der Waals surface area contributed by atoms with Gasteiger partial charge in [0.2, 0.25) is 11.8 Å². The number of rotatable bonds is 4. The van der Waals surface area contributed by atoms with Crippen molar-refractivity contribution in [3.05, 3.63) is 60.2 Å². The van der Waals surface area contributed by atoms with E-state index in [1.54, 1.807) is 0 Å². The maximum Gasteiger partial charge on any atom is 0.238 e. The third-order valence-corrected chi connectivity index (χ3v) is 4.69. The van der Waals surface area contributed by atoms with Crippen LogP contribution in [0.5, 0.6) is 0 Å². The van der Waals surface area contributed by atoms with Gasteiger partial charge in [-0.1, -0.05) is 42.5 Å². The van der Waals surface area contributed by atoms with E-state index >= 15 is 0 Å². The van der Waals surface area contributed by atoms with Gasteiger partial charge in [0, 0.05) is 17.9 Å². The molecular weight excluding hydrogens is 296 g/mol. The van der Waals surface area contributed by atoms with Crippen LogP contribution < -0.4 is 10.6 Å². The molecule has 5 heteroatoms. The second-order valence-electron chi connectivity index (χ2n) is 5.06. The molecule has 1 heterocycles. The minimum absolute atomic E-state index is 0.112. The highest BCUT2D eigenvalue weighted by molar-refractivity contribution is 8.01. The Balaban J connectivity index is 1.57. The lowest BCUT2D eigenvalue weighted by molar-refractivity contribution is -0.124. The fraction of sp³-hybridized carbons (Fsp3) is 0.176. The fourth-order valence-corrected chi connectivity index (χ4v) is 3.37. The Morgan fingerprint density at radius 3 is 2.64 bits per heavy atom. The van der Waals surface area contributed by atoms with Crippen LogP contribution in [0, 0.1) is 0 Å². The largest absolute Gasteiger partial charge is 0.352 e. The van der Waals surface area contributed by atoms with E-state index in [0.29, 0.717) is 6.54 Å². The molecule has 0 bridgehead atoms. The molecule has 2 N–H and O–H groups in total. The van der Waals surface area contributed by atoms with Crippen molar-refractivity contribution in [2.24, 2.45) is 0 Å². The number of anilines is 1. The Labute approximate surface area is 133 Å². The molecule has 0 unspecified atom stereocenters. The number of hydrogen-bond donors (Lipinski definition) is 2. The lowest BCUT2D eigenvalue weighted by Gasteiger charge is -2.23. The van der Waals surface area contributed by atoms with Crippen LogP contribution >= 0.6 is 11.8 Å². The Morgan fingerprint density at radius 2 is 1.82 bits per heavy atom. The third kappa shape index (κ3) is 3.49. The minimum Gasteiger partial charge on any atom is -0.352 e. The summed E-state index contributed by atoms with van der Waals surface area (Å²) in [7, 11) is 0. The Bertz CT molecular complexity index is 688. The number of amides is 2. The van der Waals surface area contributed by atoms with E-state index in [-0.39, 0.29) is 23.5 Å². The van der Waals surface area contributed by atoms with Crippen molar-refractivity contribution in [2.75, 3.05) is 5.32 Å². The molecule has 0 saturated heterocycles. The van der Waals surface area contributed by atoms with Gasteiger partial charge in [0.1, 0.15) is 0 Å². The number of para-hydroxylation sites is 1. The van der Waals surface area contributed by atoms with Crippen molar-refractivity contribution in [1.82, 2.24) is 5.32 Å². The van der Waals surface area contributed by atoms with E-state index < -0.39 is 0 Å². The van der Waals surface area contributed by atoms with Crippen LogP contribution in [0.2, 0.25) is 0 Å². The first-order chi connectivity index (χ1) is 10.7. The van der Waals surface area contributed by atoms with Gasteiger partial charge in [-0.25, -0.2) is 0 Å². The smallest absolute Gasteiger partial charge is 0.238 e. The standard InChI is InChI=1S/C17H16N2O2S/c20-16(18-11-12-6-2-1-3-7-12)10-15-17(21)19-13-8-4-5-9-14(13)22-15/h1-9,15H,10-11H2,(H,18,20)(H,19,21)/t15-/m0/s1. The van der Waals surface area contributed by atoms with E-state index in [1.165, 1.54) is 11.8 Å². The number of carbonyl (C=O) groups excluding carboxylic acids is 2. The molecule has 0 aliphatic carbocycles. The van der Waals surface area contributed by atoms with Gasteiger partial charge in [-0.05, 0) is 17.7 Å². The highest BCUT2D eigenvalue weighted by atomic mass is 32.2. The predicted molar refractivity (Wildman–Crippen MR) is 87.6 cm³/mol. The van der Waals surface area contributed by atoms with Gasteiger partial charge >= 0.3 is 0 Å². The number of thioether (sulfide) groups is 1. The molecule has 4 nitrogen and oxygen atoms in total. The average molecular weight is 312 g/mol. The van der Waals surface area contributed by atoms with Crippen LogP contribution in [0.4, 0.5) is 5.69 Å². The van der Waals surface area contributed by atoms with Crippen molar-refractivity contribution in [3.63, 3.8) is 0 Å². The van der Waals surface area contributed by atoms with Gasteiger partial charge in [-0.3, -0.25) is 9.59 Å². The first-order valence-electron chi connectivity index (χ1n) is 7.09. The summed E-state index contributed by atoms with van der Waals surface area (Å²) in [4.78, 5) is 25.1. The summed E-state index contributed by atoms with van der Waals surface area (Å²) < 4.78 is 0. The molecule has 1 aliphatic heterocycles. The topological polar surface area (TPSA) is 58.2 Å². The maximum atomic E-state index is 12.1. The zero-order valence-electron chi connectivity index (χ0n) is 11.9. The first kappa shape index (κ1) is 14.7. The molecule has 0 spiro atoms. The molecular formula is C17H16N2O2S. The molecule has 3 rings (SSSR count). The maximum absolute atomic E-state index is 12.1. The third-order valence-electron chi connectivity index (χ3n) is 3.41. The highest BCUT2D eigenvalue weighted by Crippen LogP contribution is 2.36. The lowest BCUT2D eigenvalue weighted by atomic mass is 10.2.